The minimum atomic E-state index is 0.618. The maximum absolute atomic E-state index is 8.53. The van der Waals surface area contributed by atoms with Crippen molar-refractivity contribution in [3.05, 3.63) is 0 Å². The van der Waals surface area contributed by atoms with Crippen LogP contribution in [0.15, 0.2) is 0 Å². The minimum Gasteiger partial charge on any atom is -0.356 e. The van der Waals surface area contributed by atoms with E-state index in [-0.39, 0.29) is 0 Å². The number of likely N-dealkylation sites (tertiary alicyclic amines) is 1. The second kappa shape index (κ2) is 3.39. The third-order valence-corrected chi connectivity index (χ3v) is 2.34. The van der Waals surface area contributed by atoms with E-state index in [1.54, 1.807) is 0 Å². The van der Waals surface area contributed by atoms with E-state index in [0.717, 1.165) is 13.1 Å². The largest absolute Gasteiger partial charge is 0.356 e. The summed E-state index contributed by atoms with van der Waals surface area (Å²) in [7, 11) is 0. The Kier molecular flexibility index (Phi) is 2.75. The molecule has 0 aromatic carbocycles. The fourth-order valence-corrected chi connectivity index (χ4v) is 1.44. The van der Waals surface area contributed by atoms with Gasteiger partial charge < -0.3 is 9.45 Å². The first-order valence-corrected chi connectivity index (χ1v) is 4.13. The highest BCUT2D eigenvalue weighted by atomic mass is 32.2. The Balaban J connectivity index is 2.32. The Morgan fingerprint density at radius 1 is 1.44 bits per heavy atom. The maximum atomic E-state index is 8.53. The molecule has 2 nitrogen and oxygen atoms in total. The Hall–Kier alpha value is 0.200. The summed E-state index contributed by atoms with van der Waals surface area (Å²) >= 11 is 5.53. The lowest BCUT2D eigenvalue weighted by Gasteiger charge is -2.14. The zero-order valence-electron chi connectivity index (χ0n) is 5.04. The van der Waals surface area contributed by atoms with E-state index < -0.39 is 0 Å². The van der Waals surface area contributed by atoms with Crippen LogP contribution in [-0.4, -0.2) is 26.9 Å². The summed E-state index contributed by atoms with van der Waals surface area (Å²) < 4.78 is 9.15. The molecule has 0 aromatic rings. The van der Waals surface area contributed by atoms with Crippen LogP contribution in [0.3, 0.4) is 0 Å². The summed E-state index contributed by atoms with van der Waals surface area (Å²) in [5.74, 6) is 0. The molecule has 1 fully saturated rings. The van der Waals surface area contributed by atoms with Crippen LogP contribution in [-0.2, 0) is 0 Å². The summed E-state index contributed by atoms with van der Waals surface area (Å²) in [5, 5.41) is 0. The zero-order chi connectivity index (χ0) is 6.69. The molecule has 0 radical (unpaired) electrons. The average molecular weight is 163 g/mol. The molecule has 9 heavy (non-hydrogen) atoms. The molecule has 0 spiro atoms. The molecule has 1 rings (SSSR count). The Labute approximate surface area is 64.4 Å². The molecule has 0 aromatic heterocycles. The third-order valence-electron chi connectivity index (χ3n) is 1.44. The number of nitrogens with zero attached hydrogens (tertiary/aromatic N) is 1. The van der Waals surface area contributed by atoms with Crippen LogP contribution in [0, 0.1) is 0 Å². The maximum Gasteiger partial charge on any atom is 0.163 e. The van der Waals surface area contributed by atoms with Gasteiger partial charge in [-0.05, 0) is 12.8 Å². The highest BCUT2D eigenvalue weighted by Crippen LogP contribution is 2.13. The van der Waals surface area contributed by atoms with Crippen LogP contribution in [0.5, 0.6) is 0 Å². The van der Waals surface area contributed by atoms with Gasteiger partial charge in [-0.15, -0.1) is 0 Å². The van der Waals surface area contributed by atoms with Gasteiger partial charge in [0.25, 0.3) is 0 Å². The van der Waals surface area contributed by atoms with E-state index in [2.05, 4.69) is 0 Å². The first kappa shape index (κ1) is 7.31. The van der Waals surface area contributed by atoms with E-state index >= 15 is 0 Å². The molecule has 52 valence electrons. The third kappa shape index (κ3) is 1.81. The Morgan fingerprint density at radius 3 is 2.44 bits per heavy atom. The van der Waals surface area contributed by atoms with Crippen molar-refractivity contribution >= 4 is 28.6 Å². The molecule has 0 amide bonds. The molecule has 0 atom stereocenters. The van der Waals surface area contributed by atoms with Crippen LogP contribution < -0.4 is 0 Å². The van der Waals surface area contributed by atoms with Crippen molar-refractivity contribution in [2.45, 2.75) is 12.8 Å². The molecule has 1 aliphatic rings. The van der Waals surface area contributed by atoms with Gasteiger partial charge in [0.15, 0.2) is 4.32 Å². The Bertz CT molecular complexity index is 112. The van der Waals surface area contributed by atoms with Gasteiger partial charge >= 0.3 is 0 Å². The van der Waals surface area contributed by atoms with E-state index in [4.69, 9.17) is 16.8 Å². The first-order valence-electron chi connectivity index (χ1n) is 2.95. The molecule has 1 saturated heterocycles. The smallest absolute Gasteiger partial charge is 0.163 e. The number of thiocarbonyl (C=S) groups is 1. The highest BCUT2D eigenvalue weighted by molar-refractivity contribution is 8.19. The lowest BCUT2D eigenvalue weighted by atomic mass is 10.4. The van der Waals surface area contributed by atoms with Gasteiger partial charge in [-0.1, -0.05) is 12.2 Å². The Morgan fingerprint density at radius 2 is 2.00 bits per heavy atom. The van der Waals surface area contributed by atoms with Crippen molar-refractivity contribution in [2.24, 2.45) is 0 Å². The van der Waals surface area contributed by atoms with Crippen molar-refractivity contribution in [1.82, 2.24) is 4.90 Å². The van der Waals surface area contributed by atoms with Gasteiger partial charge in [0.1, 0.15) is 0 Å². The molecule has 1 N–H and O–H groups in total. The predicted molar refractivity (Wildman–Crippen MR) is 43.6 cm³/mol. The molecule has 1 heterocycles. The van der Waals surface area contributed by atoms with Crippen molar-refractivity contribution in [3.8, 4) is 0 Å². The molecule has 0 unspecified atom stereocenters. The highest BCUT2D eigenvalue weighted by Gasteiger charge is 2.13. The quantitative estimate of drug-likeness (QED) is 0.432. The van der Waals surface area contributed by atoms with Gasteiger partial charge in [-0.3, -0.25) is 0 Å². The second-order valence-corrected chi connectivity index (χ2v) is 3.27. The SMILES string of the molecule is OSC(=S)N1CCCC1. The second-order valence-electron chi connectivity index (χ2n) is 2.05. The van der Waals surface area contributed by atoms with Gasteiger partial charge in [-0.25, -0.2) is 0 Å². The topological polar surface area (TPSA) is 23.5 Å². The molecule has 1 aliphatic heterocycles. The summed E-state index contributed by atoms with van der Waals surface area (Å²) in [6.07, 6.45) is 2.42. The van der Waals surface area contributed by atoms with Gasteiger partial charge in [0.05, 0.1) is 12.0 Å². The summed E-state index contributed by atoms with van der Waals surface area (Å²) in [5.41, 5.74) is 0. The van der Waals surface area contributed by atoms with Gasteiger partial charge in [0.2, 0.25) is 0 Å². The number of rotatable bonds is 0. The fourth-order valence-electron chi connectivity index (χ4n) is 0.957. The van der Waals surface area contributed by atoms with E-state index in [1.165, 1.54) is 12.8 Å². The summed E-state index contributed by atoms with van der Waals surface area (Å²) in [6, 6.07) is 0. The minimum absolute atomic E-state index is 0.618. The van der Waals surface area contributed by atoms with Crippen LogP contribution >= 0.6 is 24.3 Å². The van der Waals surface area contributed by atoms with Crippen molar-refractivity contribution in [3.63, 3.8) is 0 Å². The van der Waals surface area contributed by atoms with Crippen LogP contribution in [0.2, 0.25) is 0 Å². The standard InChI is InChI=1S/C5H9NOS2/c7-9-5(8)6-3-1-2-4-6/h7H,1-4H2. The van der Waals surface area contributed by atoms with E-state index in [9.17, 15) is 0 Å². The monoisotopic (exact) mass is 163 g/mol. The summed E-state index contributed by atoms with van der Waals surface area (Å²) in [6.45, 7) is 2.04. The molecule has 0 bridgehead atoms. The van der Waals surface area contributed by atoms with Gasteiger partial charge in [-0.2, -0.15) is 0 Å². The van der Waals surface area contributed by atoms with E-state index in [1.807, 2.05) is 4.90 Å². The summed E-state index contributed by atoms with van der Waals surface area (Å²) in [4.78, 5) is 2.03. The van der Waals surface area contributed by atoms with Crippen molar-refractivity contribution in [2.75, 3.05) is 13.1 Å². The average Bonchev–Trinajstić information content (AvgIpc) is 2.37. The normalized spacial score (nSPS) is 18.6. The fraction of sp³-hybridized carbons (Fsp3) is 0.800. The molecule has 0 saturated carbocycles. The van der Waals surface area contributed by atoms with Gasteiger partial charge in [0, 0.05) is 13.1 Å². The van der Waals surface area contributed by atoms with E-state index in [0.29, 0.717) is 16.4 Å². The molecule has 4 heteroatoms. The molecular weight excluding hydrogens is 154 g/mol. The van der Waals surface area contributed by atoms with Crippen LogP contribution in [0.4, 0.5) is 0 Å². The molecule has 0 aliphatic carbocycles. The zero-order valence-corrected chi connectivity index (χ0v) is 6.67. The van der Waals surface area contributed by atoms with Crippen molar-refractivity contribution < 1.29 is 4.55 Å². The van der Waals surface area contributed by atoms with Crippen molar-refractivity contribution in [1.29, 1.82) is 0 Å². The lowest BCUT2D eigenvalue weighted by Crippen LogP contribution is -2.22. The number of hydrogen-bond donors (Lipinski definition) is 1. The number of hydrogen-bond acceptors (Lipinski definition) is 3. The van der Waals surface area contributed by atoms with Crippen LogP contribution in [0.25, 0.3) is 0 Å². The van der Waals surface area contributed by atoms with Crippen LogP contribution in [0.1, 0.15) is 12.8 Å². The lowest BCUT2D eigenvalue weighted by molar-refractivity contribution is 0.535. The predicted octanol–water partition coefficient (Wildman–Crippen LogP) is 1.57. The molecular formula is C5H9NOS2. The first-order chi connectivity index (χ1) is 4.34.